The van der Waals surface area contributed by atoms with Crippen molar-refractivity contribution < 1.29 is 9.47 Å². The van der Waals surface area contributed by atoms with Crippen LogP contribution >= 0.6 is 0 Å². The number of rotatable bonds is 5. The quantitative estimate of drug-likeness (QED) is 0.728. The number of hydrogen-bond donors (Lipinski definition) is 0. The van der Waals surface area contributed by atoms with Crippen LogP contribution in [0.25, 0.3) is 0 Å². The van der Waals surface area contributed by atoms with E-state index < -0.39 is 8.07 Å². The van der Waals surface area contributed by atoms with Gasteiger partial charge in [0.25, 0.3) is 0 Å². The zero-order chi connectivity index (χ0) is 12.0. The Morgan fingerprint density at radius 3 is 2.12 bits per heavy atom. The fourth-order valence-corrected chi connectivity index (χ4v) is 2.02. The molecule has 0 unspecified atom stereocenters. The molecule has 2 nitrogen and oxygen atoms in total. The minimum absolute atomic E-state index is 0.636. The first-order chi connectivity index (χ1) is 7.51. The topological polar surface area (TPSA) is 18.5 Å². The first-order valence-corrected chi connectivity index (χ1v) is 9.03. The molecular formula is C13H20O2Si. The molecule has 1 aromatic carbocycles. The number of hydrogen-bond acceptors (Lipinski definition) is 2. The Bertz CT molecular complexity index is 336. The summed E-state index contributed by atoms with van der Waals surface area (Å²) < 4.78 is 10.7. The van der Waals surface area contributed by atoms with Gasteiger partial charge < -0.3 is 9.47 Å². The summed E-state index contributed by atoms with van der Waals surface area (Å²) in [6, 6.07) is 7.64. The zero-order valence-corrected chi connectivity index (χ0v) is 11.5. The third-order valence-corrected chi connectivity index (χ3v) is 3.26. The van der Waals surface area contributed by atoms with Crippen LogP contribution < -0.4 is 9.47 Å². The van der Waals surface area contributed by atoms with Crippen LogP contribution in [0.5, 0.6) is 11.5 Å². The lowest BCUT2D eigenvalue weighted by atomic mass is 10.3. The Morgan fingerprint density at radius 1 is 1.06 bits per heavy atom. The number of ether oxygens (including phenoxy) is 2. The summed E-state index contributed by atoms with van der Waals surface area (Å²) in [5.41, 5.74) is 2.29. The molecule has 0 bridgehead atoms. The van der Waals surface area contributed by atoms with Crippen molar-refractivity contribution in [1.82, 2.24) is 0 Å². The second-order valence-electron chi connectivity index (χ2n) is 4.75. The van der Waals surface area contributed by atoms with Gasteiger partial charge in [0.2, 0.25) is 0 Å². The van der Waals surface area contributed by atoms with Gasteiger partial charge in [0.15, 0.2) is 0 Å². The fourth-order valence-electron chi connectivity index (χ4n) is 1.22. The standard InChI is InChI=1S/C13H20O2Si/c1-14-12-6-8-13(9-7-12)15-10-5-11-16(2,3)4/h5-9,11H,10H2,1-4H3/b11-5+. The molecule has 0 aliphatic heterocycles. The predicted molar refractivity (Wildman–Crippen MR) is 71.0 cm³/mol. The van der Waals surface area contributed by atoms with Crippen LogP contribution in [0.2, 0.25) is 19.6 Å². The third-order valence-electron chi connectivity index (χ3n) is 2.02. The summed E-state index contributed by atoms with van der Waals surface area (Å²) in [6.45, 7) is 7.54. The van der Waals surface area contributed by atoms with Crippen LogP contribution in [0, 0.1) is 0 Å². The number of benzene rings is 1. The van der Waals surface area contributed by atoms with Crippen LogP contribution in [0.1, 0.15) is 0 Å². The first-order valence-electron chi connectivity index (χ1n) is 5.46. The average Bonchev–Trinajstić information content (AvgIpc) is 2.24. The summed E-state index contributed by atoms with van der Waals surface area (Å²) in [4.78, 5) is 0. The first kappa shape index (κ1) is 12.8. The van der Waals surface area contributed by atoms with Gasteiger partial charge in [-0.25, -0.2) is 0 Å². The molecule has 88 valence electrons. The van der Waals surface area contributed by atoms with E-state index in [1.807, 2.05) is 24.3 Å². The van der Waals surface area contributed by atoms with Gasteiger partial charge in [-0.2, -0.15) is 0 Å². The highest BCUT2D eigenvalue weighted by atomic mass is 28.3. The maximum Gasteiger partial charge on any atom is 0.120 e. The highest BCUT2D eigenvalue weighted by molar-refractivity contribution is 6.80. The van der Waals surface area contributed by atoms with E-state index in [0.29, 0.717) is 6.61 Å². The second-order valence-corrected chi connectivity index (χ2v) is 9.82. The molecule has 0 fully saturated rings. The summed E-state index contributed by atoms with van der Waals surface area (Å²) in [5.74, 6) is 1.73. The van der Waals surface area contributed by atoms with E-state index in [4.69, 9.17) is 9.47 Å². The van der Waals surface area contributed by atoms with Crippen molar-refractivity contribution in [2.75, 3.05) is 13.7 Å². The van der Waals surface area contributed by atoms with Gasteiger partial charge in [-0.1, -0.05) is 31.4 Å². The molecule has 1 aromatic rings. The maximum atomic E-state index is 5.58. The van der Waals surface area contributed by atoms with Gasteiger partial charge in [0.05, 0.1) is 15.2 Å². The molecule has 0 saturated carbocycles. The van der Waals surface area contributed by atoms with E-state index in [0.717, 1.165) is 11.5 Å². The Balaban J connectivity index is 2.40. The Kier molecular flexibility index (Phi) is 4.62. The lowest BCUT2D eigenvalue weighted by Gasteiger charge is -2.09. The van der Waals surface area contributed by atoms with Crippen molar-refractivity contribution in [2.45, 2.75) is 19.6 Å². The van der Waals surface area contributed by atoms with Crippen LogP contribution in [-0.4, -0.2) is 21.8 Å². The third kappa shape index (κ3) is 5.03. The maximum absolute atomic E-state index is 5.58. The van der Waals surface area contributed by atoms with Crippen molar-refractivity contribution in [3.05, 3.63) is 36.0 Å². The SMILES string of the molecule is COc1ccc(OC/C=C/[Si](C)(C)C)cc1. The second kappa shape index (κ2) is 5.75. The monoisotopic (exact) mass is 236 g/mol. The van der Waals surface area contributed by atoms with Crippen molar-refractivity contribution in [1.29, 1.82) is 0 Å². The lowest BCUT2D eigenvalue weighted by molar-refractivity contribution is 0.361. The Morgan fingerprint density at radius 2 is 1.62 bits per heavy atom. The van der Waals surface area contributed by atoms with Crippen molar-refractivity contribution in [3.63, 3.8) is 0 Å². The molecular weight excluding hydrogens is 216 g/mol. The highest BCUT2D eigenvalue weighted by Gasteiger charge is 2.06. The van der Waals surface area contributed by atoms with Crippen molar-refractivity contribution >= 4 is 8.07 Å². The van der Waals surface area contributed by atoms with E-state index in [2.05, 4.69) is 31.4 Å². The smallest absolute Gasteiger partial charge is 0.120 e. The molecule has 0 radical (unpaired) electrons. The van der Waals surface area contributed by atoms with E-state index in [9.17, 15) is 0 Å². The van der Waals surface area contributed by atoms with Gasteiger partial charge >= 0.3 is 0 Å². The van der Waals surface area contributed by atoms with E-state index >= 15 is 0 Å². The molecule has 0 N–H and O–H groups in total. The van der Waals surface area contributed by atoms with Gasteiger partial charge in [-0.05, 0) is 24.3 Å². The van der Waals surface area contributed by atoms with Crippen LogP contribution in [-0.2, 0) is 0 Å². The molecule has 0 atom stereocenters. The molecule has 0 aliphatic carbocycles. The minimum Gasteiger partial charge on any atom is -0.497 e. The average molecular weight is 236 g/mol. The van der Waals surface area contributed by atoms with E-state index in [1.54, 1.807) is 7.11 Å². The molecule has 0 spiro atoms. The van der Waals surface area contributed by atoms with E-state index in [1.165, 1.54) is 0 Å². The fraction of sp³-hybridized carbons (Fsp3) is 0.385. The Labute approximate surface area is 98.9 Å². The van der Waals surface area contributed by atoms with Gasteiger partial charge in [0.1, 0.15) is 18.1 Å². The summed E-state index contributed by atoms with van der Waals surface area (Å²) in [5, 5.41) is 0. The molecule has 0 aromatic heterocycles. The molecule has 0 amide bonds. The summed E-state index contributed by atoms with van der Waals surface area (Å²) >= 11 is 0. The molecule has 16 heavy (non-hydrogen) atoms. The zero-order valence-electron chi connectivity index (χ0n) is 10.5. The van der Waals surface area contributed by atoms with Gasteiger partial charge in [-0.15, -0.1) is 0 Å². The van der Waals surface area contributed by atoms with Gasteiger partial charge in [-0.3, -0.25) is 0 Å². The van der Waals surface area contributed by atoms with Gasteiger partial charge in [0, 0.05) is 0 Å². The highest BCUT2D eigenvalue weighted by Crippen LogP contribution is 2.16. The lowest BCUT2D eigenvalue weighted by Crippen LogP contribution is -2.15. The van der Waals surface area contributed by atoms with Crippen LogP contribution in [0.15, 0.2) is 36.0 Å². The largest absolute Gasteiger partial charge is 0.497 e. The molecule has 0 saturated heterocycles. The van der Waals surface area contributed by atoms with Crippen LogP contribution in [0.4, 0.5) is 0 Å². The summed E-state index contributed by atoms with van der Waals surface area (Å²) in [6.07, 6.45) is 2.11. The summed E-state index contributed by atoms with van der Waals surface area (Å²) in [7, 11) is 0.569. The van der Waals surface area contributed by atoms with Crippen molar-refractivity contribution in [2.24, 2.45) is 0 Å². The van der Waals surface area contributed by atoms with Crippen molar-refractivity contribution in [3.8, 4) is 11.5 Å². The number of methoxy groups -OCH3 is 1. The normalized spacial score (nSPS) is 11.8. The molecule has 1 rings (SSSR count). The Hall–Kier alpha value is -1.22. The molecule has 0 aliphatic rings. The van der Waals surface area contributed by atoms with E-state index in [-0.39, 0.29) is 0 Å². The molecule has 0 heterocycles. The predicted octanol–water partition coefficient (Wildman–Crippen LogP) is 3.51. The van der Waals surface area contributed by atoms with Crippen LogP contribution in [0.3, 0.4) is 0 Å². The molecule has 3 heteroatoms. The minimum atomic E-state index is -1.09.